The lowest BCUT2D eigenvalue weighted by molar-refractivity contribution is -0.142. The Labute approximate surface area is 108 Å². The topological polar surface area (TPSA) is 59.3 Å². The Morgan fingerprint density at radius 3 is 2.76 bits per heavy atom. The molecule has 0 aromatic heterocycles. The largest absolute Gasteiger partial charge is 0.495 e. The van der Waals surface area contributed by atoms with Crippen LogP contribution < -0.4 is 4.74 Å². The van der Waals surface area contributed by atoms with Gasteiger partial charge < -0.3 is 9.47 Å². The lowest BCUT2D eigenvalue weighted by atomic mass is 10.1. The highest BCUT2D eigenvalue weighted by Gasteiger charge is 2.14. The van der Waals surface area contributed by atoms with E-state index >= 15 is 0 Å². The van der Waals surface area contributed by atoms with Crippen LogP contribution in [0, 0.1) is 11.3 Å². The van der Waals surface area contributed by atoms with Crippen LogP contribution in [0.3, 0.4) is 0 Å². The number of hydrogen-bond donors (Lipinski definition) is 0. The van der Waals surface area contributed by atoms with E-state index in [1.54, 1.807) is 19.1 Å². The summed E-state index contributed by atoms with van der Waals surface area (Å²) < 4.78 is 10.7. The number of hydrogen-bond acceptors (Lipinski definition) is 4. The van der Waals surface area contributed by atoms with Gasteiger partial charge in [-0.25, -0.2) is 0 Å². The molecule has 17 heavy (non-hydrogen) atoms. The summed E-state index contributed by atoms with van der Waals surface area (Å²) in [5.41, 5.74) is 1.11. The van der Waals surface area contributed by atoms with E-state index in [-0.39, 0.29) is 12.4 Å². The normalized spacial score (nSPS) is 9.53. The molecule has 0 fully saturated rings. The van der Waals surface area contributed by atoms with E-state index in [0.717, 1.165) is 0 Å². The van der Waals surface area contributed by atoms with Crippen LogP contribution in [-0.2, 0) is 16.0 Å². The number of rotatable bonds is 4. The first kappa shape index (κ1) is 13.5. The van der Waals surface area contributed by atoms with Crippen molar-refractivity contribution in [2.45, 2.75) is 13.3 Å². The standard InChI is InChI=1S/C12H12BrNO3/c1-3-17-11(15)6-9-4-8(7-14)5-10(13)12(9)16-2/h4-5H,3,6H2,1-2H3. The molecule has 1 aromatic carbocycles. The van der Waals surface area contributed by atoms with E-state index in [4.69, 9.17) is 14.7 Å². The van der Waals surface area contributed by atoms with Gasteiger partial charge in [0, 0.05) is 5.56 Å². The number of nitrogens with zero attached hydrogens (tertiary/aromatic N) is 1. The second-order valence-electron chi connectivity index (χ2n) is 3.24. The minimum atomic E-state index is -0.340. The second kappa shape index (κ2) is 6.26. The van der Waals surface area contributed by atoms with Crippen LogP contribution in [0.1, 0.15) is 18.1 Å². The van der Waals surface area contributed by atoms with E-state index in [0.29, 0.717) is 28.0 Å². The molecular formula is C12H12BrNO3. The molecule has 0 heterocycles. The van der Waals surface area contributed by atoms with Crippen molar-refractivity contribution in [3.05, 3.63) is 27.7 Å². The molecule has 1 aromatic rings. The molecule has 0 aliphatic heterocycles. The van der Waals surface area contributed by atoms with Crippen molar-refractivity contribution in [3.63, 3.8) is 0 Å². The molecule has 0 N–H and O–H groups in total. The molecule has 0 unspecified atom stereocenters. The molecule has 0 saturated carbocycles. The molecule has 5 heteroatoms. The van der Waals surface area contributed by atoms with Crippen LogP contribution in [0.25, 0.3) is 0 Å². The minimum Gasteiger partial charge on any atom is -0.495 e. The first-order chi connectivity index (χ1) is 8.12. The van der Waals surface area contributed by atoms with Gasteiger partial charge in [0.05, 0.1) is 36.2 Å². The maximum atomic E-state index is 11.4. The Balaban J connectivity index is 3.08. The minimum absolute atomic E-state index is 0.0884. The summed E-state index contributed by atoms with van der Waals surface area (Å²) in [6, 6.07) is 5.30. The highest BCUT2D eigenvalue weighted by molar-refractivity contribution is 9.10. The van der Waals surface area contributed by atoms with Crippen LogP contribution >= 0.6 is 15.9 Å². The lowest BCUT2D eigenvalue weighted by Gasteiger charge is -2.10. The molecule has 0 radical (unpaired) electrons. The van der Waals surface area contributed by atoms with Crippen LogP contribution in [0.15, 0.2) is 16.6 Å². The lowest BCUT2D eigenvalue weighted by Crippen LogP contribution is -2.09. The number of carbonyl (C=O) groups excluding carboxylic acids is 1. The van der Waals surface area contributed by atoms with Crippen molar-refractivity contribution in [2.24, 2.45) is 0 Å². The van der Waals surface area contributed by atoms with Gasteiger partial charge in [-0.2, -0.15) is 5.26 Å². The van der Waals surface area contributed by atoms with Gasteiger partial charge in [-0.05, 0) is 35.0 Å². The Morgan fingerprint density at radius 1 is 1.53 bits per heavy atom. The predicted molar refractivity (Wildman–Crippen MR) is 65.7 cm³/mol. The number of halogens is 1. The van der Waals surface area contributed by atoms with Crippen molar-refractivity contribution in [1.82, 2.24) is 0 Å². The van der Waals surface area contributed by atoms with Crippen molar-refractivity contribution < 1.29 is 14.3 Å². The maximum absolute atomic E-state index is 11.4. The first-order valence-corrected chi connectivity index (χ1v) is 5.83. The zero-order chi connectivity index (χ0) is 12.8. The predicted octanol–water partition coefficient (Wildman–Crippen LogP) is 2.43. The van der Waals surface area contributed by atoms with Crippen molar-refractivity contribution in [2.75, 3.05) is 13.7 Å². The summed E-state index contributed by atoms with van der Waals surface area (Å²) in [6.45, 7) is 2.08. The molecule has 0 aliphatic rings. The summed E-state index contributed by atoms with van der Waals surface area (Å²) in [5.74, 6) is 0.213. The summed E-state index contributed by atoms with van der Waals surface area (Å²) in [5, 5.41) is 8.86. The zero-order valence-electron chi connectivity index (χ0n) is 9.62. The number of esters is 1. The molecular weight excluding hydrogens is 286 g/mol. The average Bonchev–Trinajstić information content (AvgIpc) is 2.28. The zero-order valence-corrected chi connectivity index (χ0v) is 11.2. The second-order valence-corrected chi connectivity index (χ2v) is 4.10. The molecule has 0 saturated heterocycles. The molecule has 0 spiro atoms. The van der Waals surface area contributed by atoms with E-state index < -0.39 is 0 Å². The highest BCUT2D eigenvalue weighted by Crippen LogP contribution is 2.30. The average molecular weight is 298 g/mol. The summed E-state index contributed by atoms with van der Waals surface area (Å²) in [7, 11) is 1.51. The van der Waals surface area contributed by atoms with E-state index in [9.17, 15) is 4.79 Å². The van der Waals surface area contributed by atoms with Gasteiger partial charge >= 0.3 is 5.97 Å². The number of ether oxygens (including phenoxy) is 2. The van der Waals surface area contributed by atoms with Crippen LogP contribution in [0.4, 0.5) is 0 Å². The van der Waals surface area contributed by atoms with Gasteiger partial charge in [0.25, 0.3) is 0 Å². The van der Waals surface area contributed by atoms with E-state index in [2.05, 4.69) is 15.9 Å². The van der Waals surface area contributed by atoms with Gasteiger partial charge in [-0.15, -0.1) is 0 Å². The molecule has 90 valence electrons. The Kier molecular flexibility index (Phi) is 4.98. The van der Waals surface area contributed by atoms with E-state index in [1.165, 1.54) is 7.11 Å². The smallest absolute Gasteiger partial charge is 0.310 e. The fourth-order valence-electron chi connectivity index (χ4n) is 1.44. The highest BCUT2D eigenvalue weighted by atomic mass is 79.9. The molecule has 0 aliphatic carbocycles. The molecule has 0 bridgehead atoms. The van der Waals surface area contributed by atoms with Gasteiger partial charge in [-0.3, -0.25) is 4.79 Å². The molecule has 1 rings (SSSR count). The van der Waals surface area contributed by atoms with Gasteiger partial charge in [0.15, 0.2) is 0 Å². The van der Waals surface area contributed by atoms with Crippen LogP contribution in [0.2, 0.25) is 0 Å². The third-order valence-corrected chi connectivity index (χ3v) is 2.68. The van der Waals surface area contributed by atoms with Gasteiger partial charge in [0.1, 0.15) is 5.75 Å². The number of carbonyl (C=O) groups is 1. The number of methoxy groups -OCH3 is 1. The molecule has 4 nitrogen and oxygen atoms in total. The van der Waals surface area contributed by atoms with Crippen LogP contribution in [0.5, 0.6) is 5.75 Å². The fourth-order valence-corrected chi connectivity index (χ4v) is 2.11. The fraction of sp³-hybridized carbons (Fsp3) is 0.333. The summed E-state index contributed by atoms with van der Waals surface area (Å²) in [6.07, 6.45) is 0.0884. The SMILES string of the molecule is CCOC(=O)Cc1cc(C#N)cc(Br)c1OC. The molecule has 0 amide bonds. The number of benzene rings is 1. The van der Waals surface area contributed by atoms with Crippen molar-refractivity contribution in [1.29, 1.82) is 5.26 Å². The van der Waals surface area contributed by atoms with Gasteiger partial charge in [-0.1, -0.05) is 0 Å². The Bertz CT molecular complexity index is 466. The van der Waals surface area contributed by atoms with Crippen LogP contribution in [-0.4, -0.2) is 19.7 Å². The quantitative estimate of drug-likeness (QED) is 0.801. The monoisotopic (exact) mass is 297 g/mol. The maximum Gasteiger partial charge on any atom is 0.310 e. The van der Waals surface area contributed by atoms with Crippen molar-refractivity contribution >= 4 is 21.9 Å². The van der Waals surface area contributed by atoms with Crippen molar-refractivity contribution in [3.8, 4) is 11.8 Å². The Hall–Kier alpha value is -1.54. The third-order valence-electron chi connectivity index (χ3n) is 2.09. The summed E-state index contributed by atoms with van der Waals surface area (Å²) in [4.78, 5) is 11.4. The third kappa shape index (κ3) is 3.46. The van der Waals surface area contributed by atoms with E-state index in [1.807, 2.05) is 6.07 Å². The number of nitriles is 1. The first-order valence-electron chi connectivity index (χ1n) is 5.04. The Morgan fingerprint density at radius 2 is 2.24 bits per heavy atom. The summed E-state index contributed by atoms with van der Waals surface area (Å²) >= 11 is 3.30. The van der Waals surface area contributed by atoms with Gasteiger partial charge in [0.2, 0.25) is 0 Å². The molecule has 0 atom stereocenters.